The van der Waals surface area contributed by atoms with E-state index in [1.165, 1.54) is 18.3 Å². The van der Waals surface area contributed by atoms with Gasteiger partial charge < -0.3 is 14.9 Å². The van der Waals surface area contributed by atoms with Crippen LogP contribution in [0, 0.1) is 6.92 Å². The summed E-state index contributed by atoms with van der Waals surface area (Å²) in [6.45, 7) is 3.37. The number of halogens is 1. The number of aromatic hydroxyl groups is 1. The lowest BCUT2D eigenvalue weighted by atomic mass is 10.1. The highest BCUT2D eigenvalue weighted by atomic mass is 35.5. The van der Waals surface area contributed by atoms with Gasteiger partial charge in [-0.25, -0.2) is 4.79 Å². The topological polar surface area (TPSA) is 79.7 Å². The van der Waals surface area contributed by atoms with Gasteiger partial charge in [-0.2, -0.15) is 0 Å². The minimum atomic E-state index is -0.495. The van der Waals surface area contributed by atoms with Gasteiger partial charge in [-0.3, -0.25) is 4.98 Å². The number of aliphatic hydroxyl groups excluding tert-OH is 1. The molecule has 0 aliphatic rings. The first kappa shape index (κ1) is 16.4. The molecule has 2 N–H and O–H groups in total. The molecule has 0 atom stereocenters. The van der Waals surface area contributed by atoms with Crippen LogP contribution in [0.1, 0.15) is 23.7 Å². The maximum Gasteiger partial charge on any atom is 0.330 e. The van der Waals surface area contributed by atoms with Crippen molar-refractivity contribution in [1.82, 2.24) is 4.98 Å². The van der Waals surface area contributed by atoms with Gasteiger partial charge in [0.2, 0.25) is 0 Å². The van der Waals surface area contributed by atoms with Crippen LogP contribution in [0.5, 0.6) is 5.75 Å². The standard InChI is InChI=1S/C12H15NO4.ClH/c1-3-17-11(15)5-4-10-9(7-14)6-13-8(2)12(10)16;/h4-6,14,16H,3,7H2,1-2H3;1H. The molecule has 5 nitrogen and oxygen atoms in total. The van der Waals surface area contributed by atoms with Gasteiger partial charge in [0.1, 0.15) is 5.75 Å². The predicted molar refractivity (Wildman–Crippen MR) is 69.5 cm³/mol. The van der Waals surface area contributed by atoms with Crippen molar-refractivity contribution in [1.29, 1.82) is 0 Å². The highest BCUT2D eigenvalue weighted by Gasteiger charge is 2.09. The Morgan fingerprint density at radius 2 is 2.22 bits per heavy atom. The fourth-order valence-corrected chi connectivity index (χ4v) is 1.31. The van der Waals surface area contributed by atoms with E-state index in [9.17, 15) is 9.90 Å². The number of rotatable bonds is 4. The van der Waals surface area contributed by atoms with E-state index in [-0.39, 0.29) is 31.4 Å². The van der Waals surface area contributed by atoms with E-state index < -0.39 is 5.97 Å². The van der Waals surface area contributed by atoms with E-state index in [1.807, 2.05) is 0 Å². The molecule has 0 aliphatic heterocycles. The summed E-state index contributed by atoms with van der Waals surface area (Å²) in [6, 6.07) is 0. The molecule has 100 valence electrons. The Hall–Kier alpha value is -1.59. The average molecular weight is 274 g/mol. The number of carbonyl (C=O) groups is 1. The van der Waals surface area contributed by atoms with Crippen LogP contribution in [0.15, 0.2) is 12.3 Å². The van der Waals surface area contributed by atoms with Gasteiger partial charge in [0, 0.05) is 23.4 Å². The Labute approximate surface area is 112 Å². The minimum absolute atomic E-state index is 0. The number of aromatic nitrogens is 1. The molecule has 6 heteroatoms. The fraction of sp³-hybridized carbons (Fsp3) is 0.333. The molecule has 0 fully saturated rings. The zero-order valence-corrected chi connectivity index (χ0v) is 11.0. The number of nitrogens with zero attached hydrogens (tertiary/aromatic N) is 1. The molecule has 0 radical (unpaired) electrons. The van der Waals surface area contributed by atoms with E-state index in [0.29, 0.717) is 16.8 Å². The van der Waals surface area contributed by atoms with E-state index in [2.05, 4.69) is 4.98 Å². The molecular weight excluding hydrogens is 258 g/mol. The number of hydrogen-bond acceptors (Lipinski definition) is 5. The van der Waals surface area contributed by atoms with Crippen molar-refractivity contribution in [3.8, 4) is 5.75 Å². The maximum absolute atomic E-state index is 11.1. The van der Waals surface area contributed by atoms with Gasteiger partial charge in [-0.15, -0.1) is 12.4 Å². The molecular formula is C12H16ClNO4. The summed E-state index contributed by atoms with van der Waals surface area (Å²) in [7, 11) is 0. The first-order chi connectivity index (χ1) is 8.10. The van der Waals surface area contributed by atoms with Crippen molar-refractivity contribution in [2.75, 3.05) is 6.61 Å². The molecule has 0 saturated heterocycles. The molecule has 0 aliphatic carbocycles. The number of ether oxygens (including phenoxy) is 1. The van der Waals surface area contributed by atoms with Crippen LogP contribution in [0.3, 0.4) is 0 Å². The minimum Gasteiger partial charge on any atom is -0.505 e. The van der Waals surface area contributed by atoms with Crippen LogP contribution in [0.25, 0.3) is 6.08 Å². The van der Waals surface area contributed by atoms with Gasteiger partial charge in [0.05, 0.1) is 18.9 Å². The third kappa shape index (κ3) is 4.01. The van der Waals surface area contributed by atoms with Crippen LogP contribution in [-0.4, -0.2) is 27.8 Å². The molecule has 0 aromatic carbocycles. The van der Waals surface area contributed by atoms with Gasteiger partial charge in [0.25, 0.3) is 0 Å². The Morgan fingerprint density at radius 3 is 2.78 bits per heavy atom. The van der Waals surface area contributed by atoms with E-state index in [0.717, 1.165) is 0 Å². The lowest BCUT2D eigenvalue weighted by molar-refractivity contribution is -0.137. The molecule has 0 saturated carbocycles. The molecule has 1 aromatic heterocycles. The summed E-state index contributed by atoms with van der Waals surface area (Å²) in [5, 5.41) is 18.9. The zero-order chi connectivity index (χ0) is 12.8. The highest BCUT2D eigenvalue weighted by molar-refractivity contribution is 5.88. The first-order valence-corrected chi connectivity index (χ1v) is 5.23. The van der Waals surface area contributed by atoms with Crippen LogP contribution in [-0.2, 0) is 16.1 Å². The molecule has 1 aromatic rings. The van der Waals surface area contributed by atoms with Crippen LogP contribution >= 0.6 is 12.4 Å². The van der Waals surface area contributed by atoms with Crippen molar-refractivity contribution in [2.24, 2.45) is 0 Å². The Balaban J connectivity index is 0.00000289. The summed E-state index contributed by atoms with van der Waals surface area (Å²) < 4.78 is 4.72. The Bertz CT molecular complexity index is 446. The number of aryl methyl sites for hydroxylation is 1. The molecule has 0 bridgehead atoms. The Morgan fingerprint density at radius 1 is 1.56 bits per heavy atom. The summed E-state index contributed by atoms with van der Waals surface area (Å²) >= 11 is 0. The van der Waals surface area contributed by atoms with Crippen molar-refractivity contribution < 1.29 is 19.7 Å². The first-order valence-electron chi connectivity index (χ1n) is 5.23. The van der Waals surface area contributed by atoms with E-state index >= 15 is 0 Å². The summed E-state index contributed by atoms with van der Waals surface area (Å²) in [5.74, 6) is -0.539. The number of hydrogen-bond donors (Lipinski definition) is 2. The fourth-order valence-electron chi connectivity index (χ4n) is 1.31. The smallest absolute Gasteiger partial charge is 0.330 e. The molecule has 0 amide bonds. The van der Waals surface area contributed by atoms with Crippen molar-refractivity contribution in [2.45, 2.75) is 20.5 Å². The van der Waals surface area contributed by atoms with E-state index in [1.54, 1.807) is 13.8 Å². The third-order valence-corrected chi connectivity index (χ3v) is 2.20. The summed E-state index contributed by atoms with van der Waals surface area (Å²) in [5.41, 5.74) is 1.27. The van der Waals surface area contributed by atoms with Crippen molar-refractivity contribution >= 4 is 24.5 Å². The lowest BCUT2D eigenvalue weighted by Gasteiger charge is -2.07. The molecule has 18 heavy (non-hydrogen) atoms. The van der Waals surface area contributed by atoms with Gasteiger partial charge in [-0.1, -0.05) is 0 Å². The van der Waals surface area contributed by atoms with Gasteiger partial charge in [0.15, 0.2) is 0 Å². The molecule has 1 heterocycles. The van der Waals surface area contributed by atoms with Gasteiger partial charge >= 0.3 is 5.97 Å². The lowest BCUT2D eigenvalue weighted by Crippen LogP contribution is -2.00. The van der Waals surface area contributed by atoms with Crippen LogP contribution in [0.2, 0.25) is 0 Å². The van der Waals surface area contributed by atoms with Crippen molar-refractivity contribution in [3.63, 3.8) is 0 Å². The largest absolute Gasteiger partial charge is 0.505 e. The monoisotopic (exact) mass is 273 g/mol. The second-order valence-corrected chi connectivity index (χ2v) is 3.37. The quantitative estimate of drug-likeness (QED) is 0.643. The summed E-state index contributed by atoms with van der Waals surface area (Å²) in [6.07, 6.45) is 4.07. The summed E-state index contributed by atoms with van der Waals surface area (Å²) in [4.78, 5) is 15.1. The Kier molecular flexibility index (Phi) is 7.00. The van der Waals surface area contributed by atoms with Gasteiger partial charge in [-0.05, 0) is 19.9 Å². The van der Waals surface area contributed by atoms with E-state index in [4.69, 9.17) is 9.84 Å². The number of aliphatic hydroxyl groups is 1. The number of carbonyl (C=O) groups excluding carboxylic acids is 1. The molecule has 0 spiro atoms. The molecule has 1 rings (SSSR count). The number of esters is 1. The average Bonchev–Trinajstić information content (AvgIpc) is 2.31. The SMILES string of the molecule is CCOC(=O)C=Cc1c(CO)cnc(C)c1O.Cl. The van der Waals surface area contributed by atoms with Crippen LogP contribution < -0.4 is 0 Å². The van der Waals surface area contributed by atoms with Crippen molar-refractivity contribution in [3.05, 3.63) is 29.1 Å². The number of pyridine rings is 1. The second kappa shape index (κ2) is 7.68. The predicted octanol–water partition coefficient (Wildman–Crippen LogP) is 1.59. The molecule has 0 unspecified atom stereocenters. The van der Waals surface area contributed by atoms with Crippen LogP contribution in [0.4, 0.5) is 0 Å². The third-order valence-electron chi connectivity index (χ3n) is 2.20. The normalized spacial score (nSPS) is 10.2. The zero-order valence-electron chi connectivity index (χ0n) is 10.2. The maximum atomic E-state index is 11.1. The second-order valence-electron chi connectivity index (χ2n) is 3.37. The highest BCUT2D eigenvalue weighted by Crippen LogP contribution is 2.25.